The maximum absolute atomic E-state index is 12.3. The molecule has 32 heavy (non-hydrogen) atoms. The maximum Gasteiger partial charge on any atom is 0.367 e. The number of rotatable bonds is 7. The molecule has 0 bridgehead atoms. The number of amidine groups is 2. The highest BCUT2D eigenvalue weighted by atomic mass is 32.2. The second-order valence-electron chi connectivity index (χ2n) is 7.57. The molecule has 1 aliphatic rings. The van der Waals surface area contributed by atoms with Crippen molar-refractivity contribution in [2.24, 2.45) is 8.80 Å². The highest BCUT2D eigenvalue weighted by molar-refractivity contribution is 7.91. The van der Waals surface area contributed by atoms with Gasteiger partial charge < -0.3 is 20.2 Å². The van der Waals surface area contributed by atoms with Crippen LogP contribution in [0.25, 0.3) is 0 Å². The predicted octanol–water partition coefficient (Wildman–Crippen LogP) is 2.63. The van der Waals surface area contributed by atoms with Crippen molar-refractivity contribution in [1.82, 2.24) is 9.62 Å². The van der Waals surface area contributed by atoms with Crippen molar-refractivity contribution in [1.29, 1.82) is 0 Å². The summed E-state index contributed by atoms with van der Waals surface area (Å²) in [6.45, 7) is 5.96. The van der Waals surface area contributed by atoms with Crippen LogP contribution >= 0.6 is 11.3 Å². The van der Waals surface area contributed by atoms with Gasteiger partial charge in [0.25, 0.3) is 10.0 Å². The van der Waals surface area contributed by atoms with Crippen LogP contribution in [-0.4, -0.2) is 52.0 Å². The van der Waals surface area contributed by atoms with Crippen molar-refractivity contribution in [3.8, 4) is 5.75 Å². The third-order valence-electron chi connectivity index (χ3n) is 4.71. The van der Waals surface area contributed by atoms with E-state index in [2.05, 4.69) is 19.4 Å². The Bertz CT molecular complexity index is 1270. The van der Waals surface area contributed by atoms with Crippen LogP contribution in [0.15, 0.2) is 35.1 Å². The SMILES string of the molecule is CC[C@@H](NC1=NS(=O)(=O)N=C1Nc1csc(S(=O)(=O)N(C)C)c1O)c1cc(C(C)C)co1. The van der Waals surface area contributed by atoms with Crippen molar-refractivity contribution in [2.45, 2.75) is 43.4 Å². The summed E-state index contributed by atoms with van der Waals surface area (Å²) in [5, 5.41) is 17.5. The van der Waals surface area contributed by atoms with Gasteiger partial charge in [0, 0.05) is 19.5 Å². The van der Waals surface area contributed by atoms with Gasteiger partial charge in [-0.2, -0.15) is 8.42 Å². The van der Waals surface area contributed by atoms with E-state index in [-0.39, 0.29) is 33.5 Å². The average Bonchev–Trinajstić information content (AvgIpc) is 3.38. The van der Waals surface area contributed by atoms with Crippen LogP contribution in [0.3, 0.4) is 0 Å². The molecule has 0 aliphatic carbocycles. The topological polar surface area (TPSA) is 154 Å². The minimum Gasteiger partial charge on any atom is -0.504 e. The number of furan rings is 1. The molecular weight excluding hydrogens is 478 g/mol. The molecule has 14 heteroatoms. The van der Waals surface area contributed by atoms with Gasteiger partial charge in [0.15, 0.2) is 21.6 Å². The Labute approximate surface area is 191 Å². The van der Waals surface area contributed by atoms with E-state index in [1.165, 1.54) is 19.5 Å². The number of sulfonamides is 1. The Morgan fingerprint density at radius 1 is 1.25 bits per heavy atom. The molecule has 0 aromatic carbocycles. The quantitative estimate of drug-likeness (QED) is 0.521. The Morgan fingerprint density at radius 2 is 1.91 bits per heavy atom. The van der Waals surface area contributed by atoms with Crippen molar-refractivity contribution in [2.75, 3.05) is 19.4 Å². The molecule has 1 atom stereocenters. The Balaban J connectivity index is 1.87. The fourth-order valence-corrected chi connectivity index (χ4v) is 5.96. The molecule has 0 fully saturated rings. The second kappa shape index (κ2) is 8.84. The van der Waals surface area contributed by atoms with E-state index in [9.17, 15) is 21.9 Å². The molecule has 0 amide bonds. The van der Waals surface area contributed by atoms with E-state index >= 15 is 0 Å². The Hall–Kier alpha value is -2.42. The van der Waals surface area contributed by atoms with Crippen LogP contribution in [0.2, 0.25) is 0 Å². The molecular formula is C18H25N5O6S3. The molecule has 2 aromatic rings. The number of hydrogen-bond donors (Lipinski definition) is 3. The zero-order valence-corrected chi connectivity index (χ0v) is 20.6. The Morgan fingerprint density at radius 3 is 2.47 bits per heavy atom. The molecule has 0 radical (unpaired) electrons. The fraction of sp³-hybridized carbons (Fsp3) is 0.444. The molecule has 176 valence electrons. The second-order valence-corrected chi connectivity index (χ2v) is 12.1. The monoisotopic (exact) mass is 503 g/mol. The molecule has 3 rings (SSSR count). The molecule has 2 aromatic heterocycles. The smallest absolute Gasteiger partial charge is 0.367 e. The third kappa shape index (κ3) is 4.82. The summed E-state index contributed by atoms with van der Waals surface area (Å²) in [4.78, 5) is 0. The number of hydrogen-bond acceptors (Lipinski definition) is 9. The first-order chi connectivity index (χ1) is 14.9. The summed E-state index contributed by atoms with van der Waals surface area (Å²) in [6.07, 6.45) is 2.22. The minimum absolute atomic E-state index is 0.00563. The lowest BCUT2D eigenvalue weighted by atomic mass is 10.1. The lowest BCUT2D eigenvalue weighted by Crippen LogP contribution is -2.36. The van der Waals surface area contributed by atoms with E-state index < -0.39 is 26.0 Å². The summed E-state index contributed by atoms with van der Waals surface area (Å²) in [7, 11) is -5.33. The van der Waals surface area contributed by atoms with Gasteiger partial charge in [0.1, 0.15) is 5.76 Å². The first kappa shape index (κ1) is 24.2. The van der Waals surface area contributed by atoms with Gasteiger partial charge in [-0.15, -0.1) is 20.1 Å². The van der Waals surface area contributed by atoms with Gasteiger partial charge in [-0.3, -0.25) is 0 Å². The summed E-state index contributed by atoms with van der Waals surface area (Å²) in [5.41, 5.74) is 1.000. The van der Waals surface area contributed by atoms with Gasteiger partial charge in [0.2, 0.25) is 0 Å². The largest absolute Gasteiger partial charge is 0.504 e. The summed E-state index contributed by atoms with van der Waals surface area (Å²) < 4.78 is 62.3. The molecule has 3 heterocycles. The predicted molar refractivity (Wildman–Crippen MR) is 123 cm³/mol. The van der Waals surface area contributed by atoms with Crippen LogP contribution < -0.4 is 10.6 Å². The summed E-state index contributed by atoms with van der Waals surface area (Å²) in [5.74, 6) is 0.111. The normalized spacial score (nSPS) is 16.8. The van der Waals surface area contributed by atoms with Crippen molar-refractivity contribution in [3.63, 3.8) is 0 Å². The van der Waals surface area contributed by atoms with E-state index in [0.29, 0.717) is 12.2 Å². The van der Waals surface area contributed by atoms with E-state index in [1.807, 2.05) is 26.8 Å². The van der Waals surface area contributed by atoms with E-state index in [1.54, 1.807) is 6.26 Å². The van der Waals surface area contributed by atoms with Crippen LogP contribution in [0.4, 0.5) is 5.69 Å². The van der Waals surface area contributed by atoms with Crippen molar-refractivity contribution < 1.29 is 26.4 Å². The van der Waals surface area contributed by atoms with Crippen LogP contribution in [0.5, 0.6) is 5.75 Å². The highest BCUT2D eigenvalue weighted by Gasteiger charge is 2.31. The number of aromatic hydroxyl groups is 1. The fourth-order valence-electron chi connectivity index (χ4n) is 2.81. The number of nitrogens with one attached hydrogen (secondary N) is 2. The van der Waals surface area contributed by atoms with Gasteiger partial charge in [-0.05, 0) is 24.0 Å². The first-order valence-electron chi connectivity index (χ1n) is 9.65. The van der Waals surface area contributed by atoms with Crippen LogP contribution in [0, 0.1) is 0 Å². The lowest BCUT2D eigenvalue weighted by Gasteiger charge is -2.16. The number of thiophene rings is 1. The average molecular weight is 504 g/mol. The lowest BCUT2D eigenvalue weighted by molar-refractivity contribution is 0.439. The molecule has 3 N–H and O–H groups in total. The van der Waals surface area contributed by atoms with Crippen LogP contribution in [0.1, 0.15) is 50.5 Å². The molecule has 0 saturated heterocycles. The molecule has 1 aliphatic heterocycles. The van der Waals surface area contributed by atoms with Gasteiger partial charge in [-0.1, -0.05) is 20.8 Å². The minimum atomic E-state index is -4.14. The zero-order valence-electron chi connectivity index (χ0n) is 18.1. The molecule has 0 unspecified atom stereocenters. The standard InChI is InChI=1S/C18H25N5O6S3/c1-6-12(14-7-11(8-29-14)10(2)3)19-16-17(22-32(27,28)21-16)20-13-9-30-18(15(13)24)31(25,26)23(4)5/h7-10,12,24H,6H2,1-5H3,(H,19,21)(H,20,22)/t12-/m1/s1. The zero-order chi connectivity index (χ0) is 23.8. The van der Waals surface area contributed by atoms with Gasteiger partial charge in [0.05, 0.1) is 18.0 Å². The number of nitrogens with zero attached hydrogens (tertiary/aromatic N) is 3. The maximum atomic E-state index is 12.3. The number of anilines is 1. The summed E-state index contributed by atoms with van der Waals surface area (Å²) >= 11 is 0.795. The van der Waals surface area contributed by atoms with Gasteiger partial charge >= 0.3 is 10.2 Å². The molecule has 11 nitrogen and oxygen atoms in total. The summed E-state index contributed by atoms with van der Waals surface area (Å²) in [6, 6.07) is 1.51. The van der Waals surface area contributed by atoms with E-state index in [0.717, 1.165) is 21.2 Å². The third-order valence-corrected chi connectivity index (χ3v) is 8.84. The van der Waals surface area contributed by atoms with Crippen LogP contribution in [-0.2, 0) is 20.2 Å². The first-order valence-corrected chi connectivity index (χ1v) is 13.4. The molecule has 0 spiro atoms. The van der Waals surface area contributed by atoms with E-state index in [4.69, 9.17) is 4.42 Å². The Kier molecular flexibility index (Phi) is 6.70. The van der Waals surface area contributed by atoms with Crippen molar-refractivity contribution in [3.05, 3.63) is 29.0 Å². The highest BCUT2D eigenvalue weighted by Crippen LogP contribution is 2.39. The molecule has 0 saturated carbocycles. The van der Waals surface area contributed by atoms with Crippen molar-refractivity contribution >= 4 is 48.9 Å². The van der Waals surface area contributed by atoms with Gasteiger partial charge in [-0.25, -0.2) is 12.7 Å².